The number of para-hydroxylation sites is 1. The van der Waals surface area contributed by atoms with Crippen molar-refractivity contribution < 1.29 is 0 Å². The van der Waals surface area contributed by atoms with E-state index in [1.54, 1.807) is 0 Å². The molecule has 4 heteroatoms. The molecule has 0 aliphatic carbocycles. The Labute approximate surface area is 243 Å². The first-order valence-electron chi connectivity index (χ1n) is 13.6. The van der Waals surface area contributed by atoms with Crippen molar-refractivity contribution in [2.75, 3.05) is 0 Å². The zero-order valence-electron chi connectivity index (χ0n) is 21.8. The fourth-order valence-electron chi connectivity index (χ4n) is 6.40. The summed E-state index contributed by atoms with van der Waals surface area (Å²) in [4.78, 5) is 0. The maximum absolute atomic E-state index is 9.56. The predicted molar refractivity (Wildman–Crippen MR) is 177 cm³/mol. The number of nitrogens with zero attached hydrogens (tertiary/aromatic N) is 2. The van der Waals surface area contributed by atoms with Crippen LogP contribution in [0.3, 0.4) is 0 Å². The van der Waals surface area contributed by atoms with Gasteiger partial charge in [-0.15, -0.1) is 22.7 Å². The van der Waals surface area contributed by atoms with E-state index in [1.165, 1.54) is 57.2 Å². The van der Waals surface area contributed by atoms with Crippen LogP contribution in [0.2, 0.25) is 0 Å². The fraction of sp³-hybridized carbons (Fsp3) is 0. The Morgan fingerprint density at radius 2 is 1.22 bits per heavy atom. The number of thiophene rings is 2. The topological polar surface area (TPSA) is 28.7 Å². The van der Waals surface area contributed by atoms with Gasteiger partial charge in [0.2, 0.25) is 0 Å². The lowest BCUT2D eigenvalue weighted by Gasteiger charge is -2.09. The first-order valence-corrected chi connectivity index (χ1v) is 15.2. The van der Waals surface area contributed by atoms with Crippen molar-refractivity contribution >= 4 is 84.8 Å². The second-order valence-electron chi connectivity index (χ2n) is 10.4. The van der Waals surface area contributed by atoms with Gasteiger partial charge in [-0.3, -0.25) is 0 Å². The highest BCUT2D eigenvalue weighted by Gasteiger charge is 2.18. The van der Waals surface area contributed by atoms with Crippen LogP contribution >= 0.6 is 22.7 Å². The van der Waals surface area contributed by atoms with E-state index in [2.05, 4.69) is 120 Å². The summed E-state index contributed by atoms with van der Waals surface area (Å²) in [6, 6.07) is 45.8. The van der Waals surface area contributed by atoms with Crippen molar-refractivity contribution in [1.29, 1.82) is 5.26 Å². The molecule has 0 atom stereocenters. The van der Waals surface area contributed by atoms with Gasteiger partial charge >= 0.3 is 0 Å². The van der Waals surface area contributed by atoms with Crippen LogP contribution in [0, 0.1) is 11.3 Å². The van der Waals surface area contributed by atoms with Gasteiger partial charge in [0.1, 0.15) is 0 Å². The Morgan fingerprint density at radius 3 is 2.12 bits per heavy atom. The van der Waals surface area contributed by atoms with Gasteiger partial charge in [-0.25, -0.2) is 0 Å². The van der Waals surface area contributed by atoms with Crippen LogP contribution in [0.1, 0.15) is 5.56 Å². The van der Waals surface area contributed by atoms with Gasteiger partial charge in [-0.05, 0) is 59.7 Å². The summed E-state index contributed by atoms with van der Waals surface area (Å²) in [5, 5.41) is 17.0. The van der Waals surface area contributed by atoms with Crippen LogP contribution in [0.5, 0.6) is 0 Å². The smallest absolute Gasteiger partial charge is 0.0991 e. The third-order valence-electron chi connectivity index (χ3n) is 8.23. The van der Waals surface area contributed by atoms with Crippen molar-refractivity contribution in [3.63, 3.8) is 0 Å². The number of aromatic nitrogens is 1. The number of hydrogen-bond acceptors (Lipinski definition) is 3. The molecule has 0 aliphatic heterocycles. The summed E-state index contributed by atoms with van der Waals surface area (Å²) in [6.07, 6.45) is 0. The van der Waals surface area contributed by atoms with Crippen molar-refractivity contribution in [3.8, 4) is 22.9 Å². The molecule has 9 aromatic rings. The van der Waals surface area contributed by atoms with E-state index in [-0.39, 0.29) is 0 Å². The molecular formula is C37H20N2S2. The van der Waals surface area contributed by atoms with Gasteiger partial charge in [0.25, 0.3) is 0 Å². The molecule has 2 nitrogen and oxygen atoms in total. The molecule has 0 unspecified atom stereocenters. The molecule has 41 heavy (non-hydrogen) atoms. The van der Waals surface area contributed by atoms with Crippen LogP contribution in [0.4, 0.5) is 0 Å². The molecule has 6 aromatic carbocycles. The summed E-state index contributed by atoms with van der Waals surface area (Å²) >= 11 is 3.73. The molecule has 3 aromatic heterocycles. The van der Waals surface area contributed by atoms with Crippen molar-refractivity contribution in [1.82, 2.24) is 4.57 Å². The summed E-state index contributed by atoms with van der Waals surface area (Å²) in [5.74, 6) is 0. The number of benzene rings is 6. The minimum absolute atomic E-state index is 0.682. The van der Waals surface area contributed by atoms with Gasteiger partial charge in [0, 0.05) is 46.4 Å². The van der Waals surface area contributed by atoms with Crippen molar-refractivity contribution in [3.05, 3.63) is 127 Å². The molecule has 190 valence electrons. The normalized spacial score (nSPS) is 11.9. The SMILES string of the molecule is N#Cc1ccc2c(c1)c1ccccc1n2-c1cccc2c1sc1ccc(-c3cccc4c3sc3ccccc34)cc12. The van der Waals surface area contributed by atoms with E-state index in [0.29, 0.717) is 5.56 Å². The Bertz CT molecular complexity index is 2550. The van der Waals surface area contributed by atoms with Gasteiger partial charge in [-0.1, -0.05) is 72.8 Å². The van der Waals surface area contributed by atoms with Crippen LogP contribution in [-0.2, 0) is 0 Å². The summed E-state index contributed by atoms with van der Waals surface area (Å²) in [5.41, 5.74) is 6.67. The summed E-state index contributed by atoms with van der Waals surface area (Å²) in [6.45, 7) is 0. The average molecular weight is 557 g/mol. The molecule has 0 spiro atoms. The molecule has 0 amide bonds. The van der Waals surface area contributed by atoms with E-state index < -0.39 is 0 Å². The minimum atomic E-state index is 0.682. The molecule has 0 bridgehead atoms. The largest absolute Gasteiger partial charge is 0.308 e. The first-order chi connectivity index (χ1) is 20.3. The molecule has 0 saturated heterocycles. The minimum Gasteiger partial charge on any atom is -0.308 e. The lowest BCUT2D eigenvalue weighted by atomic mass is 10.0. The molecular weight excluding hydrogens is 537 g/mol. The summed E-state index contributed by atoms with van der Waals surface area (Å²) < 4.78 is 7.59. The Balaban J connectivity index is 1.30. The highest BCUT2D eigenvalue weighted by atomic mass is 32.1. The molecule has 0 N–H and O–H groups in total. The van der Waals surface area contributed by atoms with Crippen LogP contribution in [0.25, 0.3) is 79.0 Å². The molecule has 0 saturated carbocycles. The van der Waals surface area contributed by atoms with Crippen molar-refractivity contribution in [2.45, 2.75) is 0 Å². The highest BCUT2D eigenvalue weighted by Crippen LogP contribution is 2.44. The van der Waals surface area contributed by atoms with Gasteiger partial charge < -0.3 is 4.57 Å². The van der Waals surface area contributed by atoms with Gasteiger partial charge in [0.15, 0.2) is 0 Å². The molecule has 0 radical (unpaired) electrons. The van der Waals surface area contributed by atoms with Crippen molar-refractivity contribution in [2.24, 2.45) is 0 Å². The molecule has 0 fully saturated rings. The standard InChI is InChI=1S/C37H20N2S2/c38-21-22-15-17-32-29(19-22)25-7-1-3-12-31(25)39(32)33-13-6-11-28-30-20-23(16-18-35(30)41-37(28)33)24-9-5-10-27-26-8-2-4-14-34(26)40-36(24)27/h1-20H. The van der Waals surface area contributed by atoms with Gasteiger partial charge in [-0.2, -0.15) is 5.26 Å². The Hall–Kier alpha value is -4.95. The zero-order valence-corrected chi connectivity index (χ0v) is 23.4. The third kappa shape index (κ3) is 3.22. The van der Waals surface area contributed by atoms with E-state index >= 15 is 0 Å². The maximum Gasteiger partial charge on any atom is 0.0991 e. The lowest BCUT2D eigenvalue weighted by Crippen LogP contribution is -1.93. The van der Waals surface area contributed by atoms with Crippen LogP contribution in [0.15, 0.2) is 121 Å². The second-order valence-corrected chi connectivity index (χ2v) is 12.5. The first kappa shape index (κ1) is 22.8. The molecule has 9 rings (SSSR count). The average Bonchev–Trinajstić information content (AvgIpc) is 3.70. The van der Waals surface area contributed by atoms with E-state index in [0.717, 1.165) is 21.8 Å². The Kier molecular flexibility index (Phi) is 4.74. The van der Waals surface area contributed by atoms with Crippen LogP contribution in [-0.4, -0.2) is 4.57 Å². The summed E-state index contributed by atoms with van der Waals surface area (Å²) in [7, 11) is 0. The van der Waals surface area contributed by atoms with Gasteiger partial charge in [0.05, 0.1) is 33.1 Å². The quantitative estimate of drug-likeness (QED) is 0.208. The van der Waals surface area contributed by atoms with E-state index in [9.17, 15) is 5.26 Å². The second kappa shape index (κ2) is 8.52. The monoisotopic (exact) mass is 556 g/mol. The Morgan fingerprint density at radius 1 is 0.512 bits per heavy atom. The maximum atomic E-state index is 9.56. The lowest BCUT2D eigenvalue weighted by molar-refractivity contribution is 1.20. The highest BCUT2D eigenvalue weighted by molar-refractivity contribution is 7.26. The number of fused-ring (bicyclic) bond motifs is 9. The van der Waals surface area contributed by atoms with E-state index in [4.69, 9.17) is 0 Å². The third-order valence-corrected chi connectivity index (χ3v) is 10.7. The zero-order chi connectivity index (χ0) is 27.1. The number of rotatable bonds is 2. The fourth-order valence-corrected chi connectivity index (χ4v) is 8.83. The van der Waals surface area contributed by atoms with Crippen LogP contribution < -0.4 is 0 Å². The number of hydrogen-bond donors (Lipinski definition) is 0. The predicted octanol–water partition coefficient (Wildman–Crippen LogP) is 11.1. The molecule has 0 aliphatic rings. The number of nitriles is 1. The van der Waals surface area contributed by atoms with E-state index in [1.807, 2.05) is 34.8 Å². The molecule has 3 heterocycles.